The molecule has 0 amide bonds. The maximum Gasteiger partial charge on any atom is 0.153 e. The second-order valence-electron chi connectivity index (χ2n) is 7.04. The molecule has 0 bridgehead atoms. The topological polar surface area (TPSA) is 76.0 Å². The van der Waals surface area contributed by atoms with E-state index in [1.165, 1.54) is 6.07 Å². The number of aromatic hydroxyl groups is 1. The first-order chi connectivity index (χ1) is 10.1. The largest absolute Gasteiger partial charge is 0.507 e. The van der Waals surface area contributed by atoms with E-state index >= 15 is 0 Å². The predicted octanol–water partition coefficient (Wildman–Crippen LogP) is 2.46. The van der Waals surface area contributed by atoms with Gasteiger partial charge in [0.15, 0.2) is 6.29 Å². The van der Waals surface area contributed by atoms with Crippen LogP contribution in [0.2, 0.25) is 0 Å². The second kappa shape index (κ2) is 5.89. The molecule has 0 unspecified atom stereocenters. The molecule has 0 saturated heterocycles. The van der Waals surface area contributed by atoms with Gasteiger partial charge in [-0.3, -0.25) is 4.79 Å². The number of carbonyl (C=O) groups is 1. The number of hydrogen-bond donors (Lipinski definition) is 2. The van der Waals surface area contributed by atoms with Crippen LogP contribution in [0.3, 0.4) is 0 Å². The zero-order chi connectivity index (χ0) is 16.5. The van der Waals surface area contributed by atoms with Crippen LogP contribution in [0.4, 0.5) is 0 Å². The minimum Gasteiger partial charge on any atom is -0.507 e. The van der Waals surface area contributed by atoms with Crippen LogP contribution in [0, 0.1) is 0 Å². The van der Waals surface area contributed by atoms with Crippen LogP contribution in [0.5, 0.6) is 11.5 Å². The van der Waals surface area contributed by atoms with Crippen molar-refractivity contribution in [3.63, 3.8) is 0 Å². The molecule has 1 heterocycles. The summed E-state index contributed by atoms with van der Waals surface area (Å²) in [7, 11) is 0. The fraction of sp³-hybridized carbons (Fsp3) is 0.588. The third-order valence-electron chi connectivity index (χ3n) is 3.77. The summed E-state index contributed by atoms with van der Waals surface area (Å²) in [6.07, 6.45) is 1.45. The van der Waals surface area contributed by atoms with Gasteiger partial charge in [-0.25, -0.2) is 0 Å². The molecule has 0 radical (unpaired) electrons. The Morgan fingerprint density at radius 3 is 2.64 bits per heavy atom. The van der Waals surface area contributed by atoms with Gasteiger partial charge in [0.25, 0.3) is 0 Å². The number of phenolic OH excluding ortho intramolecular Hbond substituents is 1. The predicted molar refractivity (Wildman–Crippen MR) is 82.6 cm³/mol. The van der Waals surface area contributed by atoms with Crippen LogP contribution in [0.1, 0.15) is 50.0 Å². The zero-order valence-electron chi connectivity index (χ0n) is 13.5. The standard InChI is InChI=1S/C17H24O5/c1-16(2,3)21-10-17(4,20)15-6-5-11-7-13(19)12(9-18)8-14(11)22-15/h7-9,15,19-20H,5-6,10H2,1-4H3/t15-,17-/m1/s1. The molecule has 1 aliphatic heterocycles. The van der Waals surface area contributed by atoms with Crippen LogP contribution in [-0.2, 0) is 11.2 Å². The molecule has 1 aromatic carbocycles. The molecule has 2 rings (SSSR count). The number of fused-ring (bicyclic) bond motifs is 1. The minimum absolute atomic E-state index is 0.0429. The summed E-state index contributed by atoms with van der Waals surface area (Å²) in [4.78, 5) is 10.9. The van der Waals surface area contributed by atoms with E-state index in [1.54, 1.807) is 13.0 Å². The van der Waals surface area contributed by atoms with Gasteiger partial charge in [-0.2, -0.15) is 0 Å². The van der Waals surface area contributed by atoms with Gasteiger partial charge in [0.1, 0.15) is 23.2 Å². The number of phenols is 1. The summed E-state index contributed by atoms with van der Waals surface area (Å²) >= 11 is 0. The molecule has 122 valence electrons. The Bertz CT molecular complexity index is 557. The summed E-state index contributed by atoms with van der Waals surface area (Å²) in [5.41, 5.74) is -0.450. The lowest BCUT2D eigenvalue weighted by molar-refractivity contribution is -0.136. The molecule has 1 aromatic rings. The van der Waals surface area contributed by atoms with Crippen LogP contribution < -0.4 is 4.74 Å². The molecular weight excluding hydrogens is 284 g/mol. The Kier molecular flexibility index (Phi) is 4.49. The van der Waals surface area contributed by atoms with Crippen LogP contribution in [0.15, 0.2) is 12.1 Å². The van der Waals surface area contributed by atoms with Crippen LogP contribution in [-0.4, -0.2) is 40.4 Å². The van der Waals surface area contributed by atoms with Crippen molar-refractivity contribution >= 4 is 6.29 Å². The highest BCUT2D eigenvalue weighted by atomic mass is 16.5. The number of benzene rings is 1. The van der Waals surface area contributed by atoms with Crippen molar-refractivity contribution in [2.75, 3.05) is 6.61 Å². The molecule has 0 fully saturated rings. The van der Waals surface area contributed by atoms with E-state index in [-0.39, 0.29) is 23.5 Å². The highest BCUT2D eigenvalue weighted by molar-refractivity contribution is 5.80. The van der Waals surface area contributed by atoms with E-state index < -0.39 is 11.7 Å². The Hall–Kier alpha value is -1.59. The molecule has 0 saturated carbocycles. The summed E-state index contributed by atoms with van der Waals surface area (Å²) in [6.45, 7) is 7.64. The van der Waals surface area contributed by atoms with Gasteiger partial charge < -0.3 is 19.7 Å². The highest BCUT2D eigenvalue weighted by Crippen LogP contribution is 2.35. The first-order valence-corrected chi connectivity index (χ1v) is 7.46. The highest BCUT2D eigenvalue weighted by Gasteiger charge is 2.38. The molecule has 1 aliphatic rings. The molecular formula is C17H24O5. The maximum atomic E-state index is 10.9. The van der Waals surface area contributed by atoms with Crippen LogP contribution in [0.25, 0.3) is 0 Å². The SMILES string of the molecule is CC(C)(C)OC[C@@](C)(O)[C@H]1CCc2cc(O)c(C=O)cc2O1. The van der Waals surface area contributed by atoms with E-state index in [9.17, 15) is 15.0 Å². The van der Waals surface area contributed by atoms with E-state index in [0.717, 1.165) is 5.56 Å². The van der Waals surface area contributed by atoms with E-state index in [4.69, 9.17) is 9.47 Å². The molecule has 0 spiro atoms. The van der Waals surface area contributed by atoms with Crippen molar-refractivity contribution in [3.8, 4) is 11.5 Å². The molecule has 22 heavy (non-hydrogen) atoms. The van der Waals surface area contributed by atoms with Gasteiger partial charge in [-0.15, -0.1) is 0 Å². The maximum absolute atomic E-state index is 10.9. The quantitative estimate of drug-likeness (QED) is 0.836. The number of aliphatic hydroxyl groups is 1. The van der Waals surface area contributed by atoms with Gasteiger partial charge in [0.05, 0.1) is 17.8 Å². The summed E-state index contributed by atoms with van der Waals surface area (Å²) in [5.74, 6) is 0.491. The third kappa shape index (κ3) is 3.78. The van der Waals surface area contributed by atoms with E-state index in [0.29, 0.717) is 24.9 Å². The zero-order valence-corrected chi connectivity index (χ0v) is 13.5. The van der Waals surface area contributed by atoms with Gasteiger partial charge in [0.2, 0.25) is 0 Å². The van der Waals surface area contributed by atoms with Crippen molar-refractivity contribution in [3.05, 3.63) is 23.3 Å². The number of hydrogen-bond acceptors (Lipinski definition) is 5. The first kappa shape index (κ1) is 16.8. The lowest BCUT2D eigenvalue weighted by Gasteiger charge is -2.38. The van der Waals surface area contributed by atoms with Crippen molar-refractivity contribution in [1.29, 1.82) is 0 Å². The van der Waals surface area contributed by atoms with Gasteiger partial charge >= 0.3 is 0 Å². The van der Waals surface area contributed by atoms with Crippen molar-refractivity contribution in [2.24, 2.45) is 0 Å². The van der Waals surface area contributed by atoms with Gasteiger partial charge in [0, 0.05) is 0 Å². The van der Waals surface area contributed by atoms with E-state index in [2.05, 4.69) is 0 Å². The smallest absolute Gasteiger partial charge is 0.153 e. The Labute approximate surface area is 130 Å². The van der Waals surface area contributed by atoms with Crippen molar-refractivity contribution in [2.45, 2.75) is 57.8 Å². The monoisotopic (exact) mass is 308 g/mol. The number of rotatable bonds is 4. The summed E-state index contributed by atoms with van der Waals surface area (Å²) in [6, 6.07) is 3.07. The molecule has 2 N–H and O–H groups in total. The molecule has 2 atom stereocenters. The van der Waals surface area contributed by atoms with Crippen LogP contribution >= 0.6 is 0 Å². The van der Waals surface area contributed by atoms with Crippen molar-refractivity contribution in [1.82, 2.24) is 0 Å². The number of aryl methyl sites for hydroxylation is 1. The third-order valence-corrected chi connectivity index (χ3v) is 3.77. The fourth-order valence-corrected chi connectivity index (χ4v) is 2.42. The molecule has 0 aromatic heterocycles. The van der Waals surface area contributed by atoms with E-state index in [1.807, 2.05) is 20.8 Å². The molecule has 0 aliphatic carbocycles. The average Bonchev–Trinajstić information content (AvgIpc) is 2.43. The first-order valence-electron chi connectivity index (χ1n) is 7.46. The number of aldehydes is 1. The normalized spacial score (nSPS) is 20.7. The Balaban J connectivity index is 2.15. The van der Waals surface area contributed by atoms with Gasteiger partial charge in [-0.1, -0.05) is 0 Å². The fourth-order valence-electron chi connectivity index (χ4n) is 2.42. The Morgan fingerprint density at radius 1 is 1.36 bits per heavy atom. The summed E-state index contributed by atoms with van der Waals surface area (Å²) < 4.78 is 11.5. The van der Waals surface area contributed by atoms with Gasteiger partial charge in [-0.05, 0) is 58.2 Å². The van der Waals surface area contributed by atoms with Crippen molar-refractivity contribution < 1.29 is 24.5 Å². The average molecular weight is 308 g/mol. The number of carbonyl (C=O) groups excluding carboxylic acids is 1. The Morgan fingerprint density at radius 2 is 2.05 bits per heavy atom. The lowest BCUT2D eigenvalue weighted by atomic mass is 9.90. The minimum atomic E-state index is -1.13. The lowest BCUT2D eigenvalue weighted by Crippen LogP contribution is -2.49. The summed E-state index contributed by atoms with van der Waals surface area (Å²) in [5, 5.41) is 20.4. The molecule has 5 heteroatoms. The molecule has 5 nitrogen and oxygen atoms in total. The number of ether oxygens (including phenoxy) is 2. The second-order valence-corrected chi connectivity index (χ2v) is 7.04.